The molecular formula is C12H20NO+. The first-order valence-corrected chi connectivity index (χ1v) is 5.03. The SMILES string of the molecule is CO[N+](C)(Cc1ccccc1)C(C)C. The highest BCUT2D eigenvalue weighted by atomic mass is 16.7. The van der Waals surface area contributed by atoms with E-state index in [1.807, 2.05) is 6.07 Å². The Labute approximate surface area is 86.7 Å². The van der Waals surface area contributed by atoms with Crippen molar-refractivity contribution in [2.75, 3.05) is 14.2 Å². The fraction of sp³-hybridized carbons (Fsp3) is 0.500. The third-order valence-electron chi connectivity index (χ3n) is 2.85. The second-order valence-electron chi connectivity index (χ2n) is 4.09. The van der Waals surface area contributed by atoms with Gasteiger partial charge in [0.2, 0.25) is 0 Å². The van der Waals surface area contributed by atoms with Crippen LogP contribution in [0.1, 0.15) is 19.4 Å². The molecule has 0 fully saturated rings. The summed E-state index contributed by atoms with van der Waals surface area (Å²) < 4.78 is 0.615. The van der Waals surface area contributed by atoms with Crippen LogP contribution in [0.15, 0.2) is 30.3 Å². The number of hydrogen-bond donors (Lipinski definition) is 0. The van der Waals surface area contributed by atoms with Gasteiger partial charge in [-0.2, -0.15) is 4.65 Å². The minimum absolute atomic E-state index is 0.459. The number of nitrogens with zero attached hydrogens (tertiary/aromatic N) is 1. The number of benzene rings is 1. The van der Waals surface area contributed by atoms with Crippen molar-refractivity contribution in [3.63, 3.8) is 0 Å². The van der Waals surface area contributed by atoms with Gasteiger partial charge in [0.25, 0.3) is 0 Å². The van der Waals surface area contributed by atoms with E-state index in [1.54, 1.807) is 7.11 Å². The predicted octanol–water partition coefficient (Wildman–Crippen LogP) is 2.60. The average Bonchev–Trinajstić information content (AvgIpc) is 2.19. The van der Waals surface area contributed by atoms with Crippen molar-refractivity contribution in [1.82, 2.24) is 0 Å². The summed E-state index contributed by atoms with van der Waals surface area (Å²) in [6, 6.07) is 10.9. The summed E-state index contributed by atoms with van der Waals surface area (Å²) in [5.41, 5.74) is 1.31. The van der Waals surface area contributed by atoms with Crippen LogP contribution >= 0.6 is 0 Å². The number of rotatable bonds is 4. The zero-order chi connectivity index (χ0) is 10.6. The molecule has 0 aliphatic rings. The number of hydroxylamine groups is 3. The minimum Gasteiger partial charge on any atom is -0.206 e. The second-order valence-corrected chi connectivity index (χ2v) is 4.09. The molecule has 0 N–H and O–H groups in total. The lowest BCUT2D eigenvalue weighted by atomic mass is 10.2. The number of quaternary nitrogens is 1. The maximum Gasteiger partial charge on any atom is 0.134 e. The molecule has 1 rings (SSSR count). The van der Waals surface area contributed by atoms with Crippen LogP contribution in [0.4, 0.5) is 0 Å². The van der Waals surface area contributed by atoms with E-state index >= 15 is 0 Å². The Kier molecular flexibility index (Phi) is 3.67. The van der Waals surface area contributed by atoms with Crippen LogP contribution in [0.2, 0.25) is 0 Å². The minimum atomic E-state index is 0.459. The largest absolute Gasteiger partial charge is 0.206 e. The predicted molar refractivity (Wildman–Crippen MR) is 58.5 cm³/mol. The monoisotopic (exact) mass is 194 g/mol. The first-order chi connectivity index (χ1) is 6.58. The van der Waals surface area contributed by atoms with E-state index in [4.69, 9.17) is 4.84 Å². The van der Waals surface area contributed by atoms with E-state index in [0.717, 1.165) is 6.54 Å². The van der Waals surface area contributed by atoms with Gasteiger partial charge in [0.15, 0.2) is 0 Å². The van der Waals surface area contributed by atoms with E-state index in [2.05, 4.69) is 45.2 Å². The van der Waals surface area contributed by atoms with Crippen LogP contribution < -0.4 is 0 Å². The molecule has 1 aromatic carbocycles. The van der Waals surface area contributed by atoms with Crippen molar-refractivity contribution in [3.05, 3.63) is 35.9 Å². The molecule has 1 aromatic rings. The van der Waals surface area contributed by atoms with E-state index < -0.39 is 0 Å². The van der Waals surface area contributed by atoms with Gasteiger partial charge >= 0.3 is 0 Å². The van der Waals surface area contributed by atoms with Gasteiger partial charge in [0, 0.05) is 5.56 Å². The van der Waals surface area contributed by atoms with Crippen LogP contribution in [0.25, 0.3) is 0 Å². The van der Waals surface area contributed by atoms with E-state index in [-0.39, 0.29) is 0 Å². The summed E-state index contributed by atoms with van der Waals surface area (Å²) in [7, 11) is 3.88. The molecule has 0 aliphatic carbocycles. The van der Waals surface area contributed by atoms with Crippen molar-refractivity contribution in [2.24, 2.45) is 0 Å². The van der Waals surface area contributed by atoms with Crippen LogP contribution in [-0.4, -0.2) is 24.8 Å². The maximum atomic E-state index is 5.54. The Morgan fingerprint density at radius 2 is 1.79 bits per heavy atom. The molecule has 0 spiro atoms. The molecule has 1 unspecified atom stereocenters. The van der Waals surface area contributed by atoms with Crippen LogP contribution in [0.5, 0.6) is 0 Å². The van der Waals surface area contributed by atoms with Gasteiger partial charge in [0.05, 0.1) is 14.2 Å². The smallest absolute Gasteiger partial charge is 0.134 e. The van der Waals surface area contributed by atoms with Gasteiger partial charge in [-0.05, 0) is 13.8 Å². The zero-order valence-electron chi connectivity index (χ0n) is 9.53. The number of hydrogen-bond acceptors (Lipinski definition) is 1. The Bertz CT molecular complexity index is 271. The van der Waals surface area contributed by atoms with Gasteiger partial charge in [-0.25, -0.2) is 4.84 Å². The fourth-order valence-corrected chi connectivity index (χ4v) is 1.40. The summed E-state index contributed by atoms with van der Waals surface area (Å²) in [5.74, 6) is 0. The third-order valence-corrected chi connectivity index (χ3v) is 2.85. The van der Waals surface area contributed by atoms with Crippen LogP contribution in [0.3, 0.4) is 0 Å². The topological polar surface area (TPSA) is 9.23 Å². The van der Waals surface area contributed by atoms with Crippen LogP contribution in [0, 0.1) is 0 Å². The van der Waals surface area contributed by atoms with Crippen molar-refractivity contribution < 1.29 is 9.48 Å². The Hall–Kier alpha value is -0.860. The highest BCUT2D eigenvalue weighted by molar-refractivity contribution is 5.13. The molecule has 0 saturated carbocycles. The van der Waals surface area contributed by atoms with Crippen molar-refractivity contribution in [1.29, 1.82) is 0 Å². The summed E-state index contributed by atoms with van der Waals surface area (Å²) in [5, 5.41) is 0. The lowest BCUT2D eigenvalue weighted by Crippen LogP contribution is -2.47. The molecule has 78 valence electrons. The average molecular weight is 194 g/mol. The van der Waals surface area contributed by atoms with Crippen molar-refractivity contribution in [3.8, 4) is 0 Å². The van der Waals surface area contributed by atoms with Gasteiger partial charge in [0.1, 0.15) is 12.6 Å². The van der Waals surface area contributed by atoms with E-state index in [9.17, 15) is 0 Å². The lowest BCUT2D eigenvalue weighted by molar-refractivity contribution is -1.11. The third kappa shape index (κ3) is 2.56. The van der Waals surface area contributed by atoms with E-state index in [0.29, 0.717) is 10.7 Å². The van der Waals surface area contributed by atoms with Crippen molar-refractivity contribution in [2.45, 2.75) is 26.4 Å². The Morgan fingerprint density at radius 1 is 1.21 bits per heavy atom. The molecule has 2 nitrogen and oxygen atoms in total. The Morgan fingerprint density at radius 3 is 2.21 bits per heavy atom. The van der Waals surface area contributed by atoms with E-state index in [1.165, 1.54) is 5.56 Å². The molecule has 0 bridgehead atoms. The molecule has 0 heterocycles. The molecular weight excluding hydrogens is 174 g/mol. The maximum absolute atomic E-state index is 5.54. The molecule has 0 amide bonds. The van der Waals surface area contributed by atoms with Gasteiger partial charge < -0.3 is 0 Å². The molecule has 0 radical (unpaired) electrons. The van der Waals surface area contributed by atoms with Crippen LogP contribution in [-0.2, 0) is 11.4 Å². The summed E-state index contributed by atoms with van der Waals surface area (Å²) in [4.78, 5) is 5.54. The standard InChI is InChI=1S/C12H20NO/c1-11(2)13(3,14-4)10-12-8-6-5-7-9-12/h5-9,11H,10H2,1-4H3/q+1. The normalized spacial score (nSPS) is 15.5. The first-order valence-electron chi connectivity index (χ1n) is 5.03. The van der Waals surface area contributed by atoms with Gasteiger partial charge in [-0.15, -0.1) is 0 Å². The summed E-state index contributed by atoms with van der Waals surface area (Å²) >= 11 is 0. The first kappa shape index (κ1) is 11.2. The summed E-state index contributed by atoms with van der Waals surface area (Å²) in [6.45, 7) is 5.26. The summed E-state index contributed by atoms with van der Waals surface area (Å²) in [6.07, 6.45) is 0. The molecule has 0 saturated heterocycles. The molecule has 1 atom stereocenters. The Balaban J connectivity index is 2.76. The lowest BCUT2D eigenvalue weighted by Gasteiger charge is -2.33. The quantitative estimate of drug-likeness (QED) is 0.529. The second kappa shape index (κ2) is 4.58. The van der Waals surface area contributed by atoms with Crippen molar-refractivity contribution >= 4 is 0 Å². The van der Waals surface area contributed by atoms with Gasteiger partial charge in [-0.3, -0.25) is 0 Å². The molecule has 14 heavy (non-hydrogen) atoms. The zero-order valence-corrected chi connectivity index (χ0v) is 9.53. The highest BCUT2D eigenvalue weighted by Gasteiger charge is 2.26. The molecule has 0 aromatic heterocycles. The van der Waals surface area contributed by atoms with Gasteiger partial charge in [-0.1, -0.05) is 30.3 Å². The highest BCUT2D eigenvalue weighted by Crippen LogP contribution is 2.16. The molecule has 0 aliphatic heterocycles. The molecule has 2 heteroatoms. The fourth-order valence-electron chi connectivity index (χ4n) is 1.40.